The summed E-state index contributed by atoms with van der Waals surface area (Å²) in [7, 11) is 0. The predicted octanol–water partition coefficient (Wildman–Crippen LogP) is 1.45. The molecular formula is C7H7F3O. The van der Waals surface area contributed by atoms with Crippen molar-refractivity contribution in [2.45, 2.75) is 12.3 Å². The van der Waals surface area contributed by atoms with E-state index in [2.05, 4.69) is 0 Å². The van der Waals surface area contributed by atoms with Crippen LogP contribution in [0.4, 0.5) is 13.2 Å². The van der Waals surface area contributed by atoms with E-state index in [9.17, 15) is 13.2 Å². The molecule has 1 N–H and O–H groups in total. The summed E-state index contributed by atoms with van der Waals surface area (Å²) in [5, 5.41) is 8.44. The van der Waals surface area contributed by atoms with Crippen molar-refractivity contribution in [3.8, 4) is 0 Å². The number of hydrogen-bond donors (Lipinski definition) is 1. The van der Waals surface area contributed by atoms with Gasteiger partial charge in [-0.1, -0.05) is 0 Å². The van der Waals surface area contributed by atoms with Gasteiger partial charge in [-0.05, 0) is 17.7 Å². The molecule has 0 amide bonds. The van der Waals surface area contributed by atoms with Gasteiger partial charge in [-0.3, -0.25) is 0 Å². The van der Waals surface area contributed by atoms with Crippen LogP contribution in [0.25, 0.3) is 0 Å². The molecule has 1 rings (SSSR count). The first-order valence-corrected chi connectivity index (χ1v) is 3.12. The van der Waals surface area contributed by atoms with E-state index in [1.165, 1.54) is 0 Å². The Labute approximate surface area is 61.8 Å². The van der Waals surface area contributed by atoms with Gasteiger partial charge in [0.05, 0.1) is 6.61 Å². The number of rotatable bonds is 1. The van der Waals surface area contributed by atoms with Gasteiger partial charge in [-0.2, -0.15) is 0 Å². The molecular weight excluding hydrogens is 157 g/mol. The Morgan fingerprint density at radius 2 is 2.09 bits per heavy atom. The van der Waals surface area contributed by atoms with Crippen LogP contribution in [0.1, 0.15) is 0 Å². The van der Waals surface area contributed by atoms with Crippen molar-refractivity contribution < 1.29 is 18.3 Å². The number of aliphatic hydroxyl groups excluding tert-OH is 1. The smallest absolute Gasteiger partial charge is 0.186 e. The van der Waals surface area contributed by atoms with E-state index in [1.54, 1.807) is 0 Å². The fourth-order valence-electron chi connectivity index (χ4n) is 0.844. The lowest BCUT2D eigenvalue weighted by Gasteiger charge is -2.14. The van der Waals surface area contributed by atoms with Crippen molar-refractivity contribution in [2.75, 3.05) is 6.61 Å². The Balaban J connectivity index is 2.82. The molecule has 1 nitrogen and oxygen atoms in total. The molecule has 2 unspecified atom stereocenters. The first-order valence-electron chi connectivity index (χ1n) is 3.12. The summed E-state index contributed by atoms with van der Waals surface area (Å²) in [6.45, 7) is -0.472. The number of hydrogen-bond acceptors (Lipinski definition) is 1. The summed E-state index contributed by atoms with van der Waals surface area (Å²) in [5.41, 5.74) is 0.0731. The Morgan fingerprint density at radius 1 is 1.45 bits per heavy atom. The van der Waals surface area contributed by atoms with Gasteiger partial charge < -0.3 is 5.11 Å². The molecule has 2 atom stereocenters. The third-order valence-electron chi connectivity index (χ3n) is 1.42. The van der Waals surface area contributed by atoms with Gasteiger partial charge in [0.2, 0.25) is 0 Å². The molecule has 11 heavy (non-hydrogen) atoms. The molecule has 0 saturated heterocycles. The first-order chi connectivity index (χ1) is 5.15. The summed E-state index contributed by atoms with van der Waals surface area (Å²) >= 11 is 0. The second-order valence-electron chi connectivity index (χ2n) is 2.28. The highest BCUT2D eigenvalue weighted by atomic mass is 19.2. The second-order valence-corrected chi connectivity index (χ2v) is 2.28. The highest BCUT2D eigenvalue weighted by molar-refractivity contribution is 5.30. The Hall–Kier alpha value is -0.770. The molecule has 0 bridgehead atoms. The zero-order chi connectivity index (χ0) is 8.43. The summed E-state index contributed by atoms with van der Waals surface area (Å²) in [6.07, 6.45) is -2.50. The van der Waals surface area contributed by atoms with Crippen LogP contribution < -0.4 is 0 Å². The summed E-state index contributed by atoms with van der Waals surface area (Å²) < 4.78 is 37.1. The maximum absolute atomic E-state index is 12.4. The summed E-state index contributed by atoms with van der Waals surface area (Å²) in [5.74, 6) is -1.16. The minimum absolute atomic E-state index is 0.0731. The van der Waals surface area contributed by atoms with Crippen LogP contribution in [0.15, 0.2) is 23.6 Å². The SMILES string of the molecule is OCC1=CC(F)C(F)C(F)=C1. The average Bonchev–Trinajstić information content (AvgIpc) is 1.99. The Bertz CT molecular complexity index is 210. The van der Waals surface area contributed by atoms with Gasteiger partial charge in [0.15, 0.2) is 12.3 Å². The van der Waals surface area contributed by atoms with Crippen LogP contribution in [0, 0.1) is 0 Å². The van der Waals surface area contributed by atoms with Gasteiger partial charge in [0, 0.05) is 0 Å². The van der Waals surface area contributed by atoms with Crippen LogP contribution in [-0.2, 0) is 0 Å². The van der Waals surface area contributed by atoms with Gasteiger partial charge in [0.25, 0.3) is 0 Å². The molecule has 1 aliphatic carbocycles. The van der Waals surface area contributed by atoms with E-state index in [-0.39, 0.29) is 5.57 Å². The number of alkyl halides is 2. The molecule has 1 aliphatic rings. The fourth-order valence-corrected chi connectivity index (χ4v) is 0.844. The molecule has 0 aromatic rings. The van der Waals surface area contributed by atoms with E-state index in [0.717, 1.165) is 12.2 Å². The van der Waals surface area contributed by atoms with Gasteiger partial charge in [-0.15, -0.1) is 0 Å². The van der Waals surface area contributed by atoms with Crippen molar-refractivity contribution >= 4 is 0 Å². The van der Waals surface area contributed by atoms with Gasteiger partial charge in [-0.25, -0.2) is 13.2 Å². The zero-order valence-corrected chi connectivity index (χ0v) is 5.60. The molecule has 4 heteroatoms. The van der Waals surface area contributed by atoms with E-state index in [4.69, 9.17) is 5.11 Å². The Kier molecular flexibility index (Phi) is 2.34. The van der Waals surface area contributed by atoms with E-state index in [1.807, 2.05) is 0 Å². The van der Waals surface area contributed by atoms with Crippen LogP contribution in [0.2, 0.25) is 0 Å². The first kappa shape index (κ1) is 8.33. The lowest BCUT2D eigenvalue weighted by Crippen LogP contribution is -2.20. The number of halogens is 3. The molecule has 0 heterocycles. The van der Waals surface area contributed by atoms with Crippen LogP contribution >= 0.6 is 0 Å². The largest absolute Gasteiger partial charge is 0.392 e. The normalized spacial score (nSPS) is 31.3. The van der Waals surface area contributed by atoms with Crippen molar-refractivity contribution in [1.29, 1.82) is 0 Å². The Morgan fingerprint density at radius 3 is 2.55 bits per heavy atom. The molecule has 0 aromatic carbocycles. The molecule has 0 fully saturated rings. The number of aliphatic hydroxyl groups is 1. The lowest BCUT2D eigenvalue weighted by molar-refractivity contribution is 0.203. The third-order valence-corrected chi connectivity index (χ3v) is 1.42. The molecule has 0 radical (unpaired) electrons. The van der Waals surface area contributed by atoms with E-state index < -0.39 is 24.8 Å². The van der Waals surface area contributed by atoms with E-state index >= 15 is 0 Å². The zero-order valence-electron chi connectivity index (χ0n) is 5.60. The maximum atomic E-state index is 12.4. The van der Waals surface area contributed by atoms with Crippen molar-refractivity contribution in [1.82, 2.24) is 0 Å². The van der Waals surface area contributed by atoms with Crippen LogP contribution in [0.5, 0.6) is 0 Å². The van der Waals surface area contributed by atoms with Gasteiger partial charge >= 0.3 is 0 Å². The van der Waals surface area contributed by atoms with E-state index in [0.29, 0.717) is 0 Å². The quantitative estimate of drug-likeness (QED) is 0.621. The fraction of sp³-hybridized carbons (Fsp3) is 0.429. The van der Waals surface area contributed by atoms with Crippen LogP contribution in [-0.4, -0.2) is 24.1 Å². The molecule has 0 aromatic heterocycles. The average molecular weight is 164 g/mol. The third kappa shape index (κ3) is 1.63. The number of allylic oxidation sites excluding steroid dienone is 2. The molecule has 0 spiro atoms. The highest BCUT2D eigenvalue weighted by Crippen LogP contribution is 2.23. The van der Waals surface area contributed by atoms with Gasteiger partial charge in [0.1, 0.15) is 5.83 Å². The van der Waals surface area contributed by atoms with Crippen molar-refractivity contribution in [3.05, 3.63) is 23.6 Å². The van der Waals surface area contributed by atoms with Crippen LogP contribution in [0.3, 0.4) is 0 Å². The molecule has 0 aliphatic heterocycles. The maximum Gasteiger partial charge on any atom is 0.186 e. The van der Waals surface area contributed by atoms with Crippen molar-refractivity contribution in [3.63, 3.8) is 0 Å². The topological polar surface area (TPSA) is 20.2 Å². The summed E-state index contributed by atoms with van der Waals surface area (Å²) in [6, 6.07) is 0. The monoisotopic (exact) mass is 164 g/mol. The minimum atomic E-state index is -2.20. The minimum Gasteiger partial charge on any atom is -0.392 e. The summed E-state index contributed by atoms with van der Waals surface area (Å²) in [4.78, 5) is 0. The predicted molar refractivity (Wildman–Crippen MR) is 34.2 cm³/mol. The molecule has 0 saturated carbocycles. The lowest BCUT2D eigenvalue weighted by atomic mass is 10.0. The molecule has 62 valence electrons. The second kappa shape index (κ2) is 3.09. The highest BCUT2D eigenvalue weighted by Gasteiger charge is 2.26. The van der Waals surface area contributed by atoms with Crippen molar-refractivity contribution in [2.24, 2.45) is 0 Å². The standard InChI is InChI=1S/C7H7F3O/c8-5-1-4(3-11)2-6(9)7(5)10/h1-2,5,7,11H,3H2.